The number of unbranched alkanes of at least 4 members (excludes halogenated alkanes) is 4. The summed E-state index contributed by atoms with van der Waals surface area (Å²) in [6.07, 6.45) is 10.1. The molecule has 0 fully saturated rings. The summed E-state index contributed by atoms with van der Waals surface area (Å²) < 4.78 is 0. The lowest BCUT2D eigenvalue weighted by Crippen LogP contribution is -1.97. The molecule has 1 atom stereocenters. The monoisotopic (exact) mass is 232 g/mol. The number of rotatable bonds is 8. The van der Waals surface area contributed by atoms with Crippen molar-refractivity contribution in [2.75, 3.05) is 0 Å². The van der Waals surface area contributed by atoms with Crippen molar-refractivity contribution in [1.29, 1.82) is 0 Å². The van der Waals surface area contributed by atoms with Crippen molar-refractivity contribution in [2.24, 2.45) is 0 Å². The third-order valence-electron chi connectivity index (χ3n) is 3.16. The molecule has 1 aromatic rings. The van der Waals surface area contributed by atoms with E-state index in [2.05, 4.69) is 36.9 Å². The summed E-state index contributed by atoms with van der Waals surface area (Å²) in [4.78, 5) is 0. The van der Waals surface area contributed by atoms with Gasteiger partial charge in [-0.2, -0.15) is 0 Å². The maximum atomic E-state index is 3.75. The first-order valence-corrected chi connectivity index (χ1v) is 7.66. The number of benzene rings is 1. The van der Waals surface area contributed by atoms with E-state index in [1.54, 1.807) is 5.56 Å². The number of hydrogen-bond acceptors (Lipinski definition) is 0. The van der Waals surface area contributed by atoms with Crippen molar-refractivity contribution >= 4 is 10.2 Å². The minimum Gasteiger partial charge on any atom is -0.103 e. The number of hydrogen-bond donors (Lipinski definition) is 0. The Balaban J connectivity index is 2.11. The predicted molar refractivity (Wildman–Crippen MR) is 77.0 cm³/mol. The maximum Gasteiger partial charge on any atom is 0.0123 e. The summed E-state index contributed by atoms with van der Waals surface area (Å²) in [5.74, 6) is 0. The van der Waals surface area contributed by atoms with Crippen molar-refractivity contribution in [2.45, 2.75) is 44.1 Å². The van der Waals surface area contributed by atoms with E-state index in [4.69, 9.17) is 0 Å². The van der Waals surface area contributed by atoms with E-state index in [-0.39, 0.29) is 0 Å². The van der Waals surface area contributed by atoms with Crippen molar-refractivity contribution in [3.63, 3.8) is 0 Å². The molecule has 16 heavy (non-hydrogen) atoms. The van der Waals surface area contributed by atoms with Gasteiger partial charge in [-0.1, -0.05) is 55.7 Å². The Hall–Kier alpha value is -0.823. The van der Waals surface area contributed by atoms with Crippen LogP contribution >= 0.6 is 0 Å². The van der Waals surface area contributed by atoms with Crippen LogP contribution in [0.4, 0.5) is 0 Å². The topological polar surface area (TPSA) is 0 Å². The van der Waals surface area contributed by atoms with Crippen molar-refractivity contribution < 1.29 is 0 Å². The molecular weight excluding hydrogens is 208 g/mol. The normalized spacial score (nSPS) is 12.5. The SMILES string of the molecule is C=CCCCCCCC([SiH3])c1ccccc1. The molecule has 0 saturated carbocycles. The van der Waals surface area contributed by atoms with E-state index in [0.717, 1.165) is 5.54 Å². The Labute approximate surface area is 103 Å². The van der Waals surface area contributed by atoms with Crippen molar-refractivity contribution in [3.05, 3.63) is 48.6 Å². The summed E-state index contributed by atoms with van der Waals surface area (Å²) in [6, 6.07) is 11.0. The van der Waals surface area contributed by atoms with E-state index in [1.165, 1.54) is 48.8 Å². The molecule has 0 bridgehead atoms. The first-order valence-electron chi connectivity index (χ1n) is 6.50. The molecule has 0 radical (unpaired) electrons. The van der Waals surface area contributed by atoms with Gasteiger partial charge in [0.25, 0.3) is 0 Å². The molecule has 1 heteroatoms. The largest absolute Gasteiger partial charge is 0.103 e. The molecule has 0 spiro atoms. The second-order valence-corrected chi connectivity index (χ2v) is 5.99. The van der Waals surface area contributed by atoms with Gasteiger partial charge in [0.05, 0.1) is 0 Å². The molecule has 88 valence electrons. The lowest BCUT2D eigenvalue weighted by molar-refractivity contribution is 0.610. The highest BCUT2D eigenvalue weighted by molar-refractivity contribution is 6.12. The van der Waals surface area contributed by atoms with Gasteiger partial charge in [-0.05, 0) is 30.4 Å². The maximum absolute atomic E-state index is 3.75. The van der Waals surface area contributed by atoms with Gasteiger partial charge >= 0.3 is 0 Å². The summed E-state index contributed by atoms with van der Waals surface area (Å²) >= 11 is 0. The molecular formula is C15H24Si. The van der Waals surface area contributed by atoms with Gasteiger partial charge in [-0.25, -0.2) is 0 Å². The fourth-order valence-electron chi connectivity index (χ4n) is 2.04. The molecule has 1 unspecified atom stereocenters. The fraction of sp³-hybridized carbons (Fsp3) is 0.467. The van der Waals surface area contributed by atoms with Gasteiger partial charge in [0.2, 0.25) is 0 Å². The summed E-state index contributed by atoms with van der Waals surface area (Å²) in [6.45, 7) is 3.75. The molecule has 0 N–H and O–H groups in total. The van der Waals surface area contributed by atoms with Gasteiger partial charge < -0.3 is 0 Å². The molecule has 0 saturated heterocycles. The zero-order chi connectivity index (χ0) is 11.6. The van der Waals surface area contributed by atoms with Crippen LogP contribution in [0.5, 0.6) is 0 Å². The van der Waals surface area contributed by atoms with Crippen LogP contribution in [-0.2, 0) is 0 Å². The first kappa shape index (κ1) is 13.2. The standard InChI is InChI=1S/C15H24Si/c1-2-3-4-5-6-10-13-15(16)14-11-8-7-9-12-14/h2,7-9,11-12,15H,1,3-6,10,13H2,16H3. The van der Waals surface area contributed by atoms with E-state index in [9.17, 15) is 0 Å². The van der Waals surface area contributed by atoms with Gasteiger partial charge in [0.15, 0.2) is 0 Å². The zero-order valence-electron chi connectivity index (χ0n) is 10.5. The molecule has 0 aliphatic rings. The lowest BCUT2D eigenvalue weighted by atomic mass is 10.0. The highest BCUT2D eigenvalue weighted by Crippen LogP contribution is 2.19. The average molecular weight is 232 g/mol. The van der Waals surface area contributed by atoms with Crippen LogP contribution in [0, 0.1) is 0 Å². The van der Waals surface area contributed by atoms with Gasteiger partial charge in [0.1, 0.15) is 0 Å². The van der Waals surface area contributed by atoms with Crippen molar-refractivity contribution in [3.8, 4) is 0 Å². The van der Waals surface area contributed by atoms with Crippen LogP contribution in [0.15, 0.2) is 43.0 Å². The van der Waals surface area contributed by atoms with E-state index in [1.807, 2.05) is 6.08 Å². The summed E-state index contributed by atoms with van der Waals surface area (Å²) in [7, 11) is 1.28. The third-order valence-corrected chi connectivity index (χ3v) is 4.41. The Kier molecular flexibility index (Phi) is 6.91. The minimum absolute atomic E-state index is 0.848. The molecule has 1 rings (SSSR count). The average Bonchev–Trinajstić information content (AvgIpc) is 2.34. The molecule has 0 aliphatic heterocycles. The number of allylic oxidation sites excluding steroid dienone is 1. The van der Waals surface area contributed by atoms with Gasteiger partial charge in [0, 0.05) is 10.2 Å². The summed E-state index contributed by atoms with van der Waals surface area (Å²) in [5, 5.41) is 0. The van der Waals surface area contributed by atoms with Gasteiger partial charge in [-0.3, -0.25) is 0 Å². The van der Waals surface area contributed by atoms with Crippen LogP contribution in [0.25, 0.3) is 0 Å². The van der Waals surface area contributed by atoms with E-state index >= 15 is 0 Å². The van der Waals surface area contributed by atoms with Gasteiger partial charge in [-0.15, -0.1) is 6.58 Å². The van der Waals surface area contributed by atoms with E-state index in [0.29, 0.717) is 0 Å². The van der Waals surface area contributed by atoms with Crippen molar-refractivity contribution in [1.82, 2.24) is 0 Å². The Bertz CT molecular complexity index is 279. The zero-order valence-corrected chi connectivity index (χ0v) is 12.5. The fourth-order valence-corrected chi connectivity index (χ4v) is 2.83. The Morgan fingerprint density at radius 3 is 2.44 bits per heavy atom. The van der Waals surface area contributed by atoms with Crippen LogP contribution < -0.4 is 0 Å². The third kappa shape index (κ3) is 5.31. The van der Waals surface area contributed by atoms with E-state index < -0.39 is 0 Å². The smallest absolute Gasteiger partial charge is 0.0123 e. The van der Waals surface area contributed by atoms with Crippen LogP contribution in [0.3, 0.4) is 0 Å². The first-order chi connectivity index (χ1) is 7.84. The predicted octanol–water partition coefficient (Wildman–Crippen LogP) is 3.62. The molecule has 0 heterocycles. The highest BCUT2D eigenvalue weighted by Gasteiger charge is 2.03. The molecule has 0 nitrogen and oxygen atoms in total. The van der Waals surface area contributed by atoms with Crippen LogP contribution in [0.1, 0.15) is 49.6 Å². The highest BCUT2D eigenvalue weighted by atomic mass is 28.1. The Morgan fingerprint density at radius 2 is 1.75 bits per heavy atom. The van der Waals surface area contributed by atoms with Crippen LogP contribution in [-0.4, -0.2) is 10.2 Å². The molecule has 0 aliphatic carbocycles. The minimum atomic E-state index is 0.848. The summed E-state index contributed by atoms with van der Waals surface area (Å²) in [5.41, 5.74) is 2.39. The lowest BCUT2D eigenvalue weighted by Gasteiger charge is -2.11. The second-order valence-electron chi connectivity index (χ2n) is 4.59. The quantitative estimate of drug-likeness (QED) is 0.365. The Morgan fingerprint density at radius 1 is 1.06 bits per heavy atom. The molecule has 1 aromatic carbocycles. The molecule has 0 aromatic heterocycles. The van der Waals surface area contributed by atoms with Crippen LogP contribution in [0.2, 0.25) is 0 Å². The molecule has 0 amide bonds. The second kappa shape index (κ2) is 8.34.